The number of esters is 1. The van der Waals surface area contributed by atoms with Gasteiger partial charge in [0.25, 0.3) is 5.91 Å². The summed E-state index contributed by atoms with van der Waals surface area (Å²) in [7, 11) is 0. The van der Waals surface area contributed by atoms with Crippen LogP contribution in [-0.4, -0.2) is 35.2 Å². The SMILES string of the molecule is CCOC(=O)c1ccc(-n2c(C)cc(/C=N\NC(=O)C[C@H](NC(=O)c3ccccc3)c3ccccc3)c2C)cc1. The van der Waals surface area contributed by atoms with Crippen molar-refractivity contribution >= 4 is 24.0 Å². The number of hydrogen-bond donors (Lipinski definition) is 2. The molecule has 204 valence electrons. The van der Waals surface area contributed by atoms with Crippen LogP contribution in [0.5, 0.6) is 0 Å². The molecule has 0 bridgehead atoms. The number of hydrogen-bond acceptors (Lipinski definition) is 5. The third-order valence-electron chi connectivity index (χ3n) is 6.43. The zero-order chi connectivity index (χ0) is 28.5. The van der Waals surface area contributed by atoms with Gasteiger partial charge in [-0.25, -0.2) is 10.2 Å². The number of ether oxygens (including phenoxy) is 1. The van der Waals surface area contributed by atoms with Gasteiger partial charge in [-0.05, 0) is 68.8 Å². The molecule has 0 radical (unpaired) electrons. The first-order chi connectivity index (χ1) is 19.4. The molecule has 0 aliphatic carbocycles. The summed E-state index contributed by atoms with van der Waals surface area (Å²) in [6, 6.07) is 26.9. The van der Waals surface area contributed by atoms with Crippen molar-refractivity contribution in [2.45, 2.75) is 33.2 Å². The quantitative estimate of drug-likeness (QED) is 0.164. The van der Waals surface area contributed by atoms with E-state index in [9.17, 15) is 14.4 Å². The molecule has 2 N–H and O–H groups in total. The van der Waals surface area contributed by atoms with E-state index in [1.165, 1.54) is 0 Å². The molecular formula is C32H32N4O4. The molecule has 8 heteroatoms. The summed E-state index contributed by atoms with van der Waals surface area (Å²) >= 11 is 0. The van der Waals surface area contributed by atoms with Crippen LogP contribution in [0.1, 0.15) is 62.6 Å². The Morgan fingerprint density at radius 1 is 0.900 bits per heavy atom. The number of amides is 2. The van der Waals surface area contributed by atoms with Crippen molar-refractivity contribution < 1.29 is 19.1 Å². The van der Waals surface area contributed by atoms with Gasteiger partial charge in [0.1, 0.15) is 0 Å². The molecule has 4 aromatic rings. The highest BCUT2D eigenvalue weighted by Gasteiger charge is 2.19. The van der Waals surface area contributed by atoms with E-state index in [2.05, 4.69) is 15.8 Å². The van der Waals surface area contributed by atoms with E-state index in [1.54, 1.807) is 49.5 Å². The van der Waals surface area contributed by atoms with Crippen molar-refractivity contribution in [3.63, 3.8) is 0 Å². The summed E-state index contributed by atoms with van der Waals surface area (Å²) in [5.74, 6) is -0.942. The lowest BCUT2D eigenvalue weighted by Gasteiger charge is -2.18. The minimum Gasteiger partial charge on any atom is -0.462 e. The molecular weight excluding hydrogens is 504 g/mol. The summed E-state index contributed by atoms with van der Waals surface area (Å²) in [6.07, 6.45) is 1.62. The van der Waals surface area contributed by atoms with Gasteiger partial charge >= 0.3 is 5.97 Å². The molecule has 4 rings (SSSR count). The molecule has 0 aliphatic rings. The molecule has 3 aromatic carbocycles. The Hall–Kier alpha value is -4.98. The fourth-order valence-corrected chi connectivity index (χ4v) is 4.45. The van der Waals surface area contributed by atoms with E-state index < -0.39 is 6.04 Å². The summed E-state index contributed by atoms with van der Waals surface area (Å²) in [4.78, 5) is 37.6. The molecule has 0 unspecified atom stereocenters. The number of benzene rings is 3. The van der Waals surface area contributed by atoms with E-state index in [-0.39, 0.29) is 24.2 Å². The van der Waals surface area contributed by atoms with Gasteiger partial charge in [-0.1, -0.05) is 48.5 Å². The Labute approximate surface area is 233 Å². The molecule has 0 aliphatic heterocycles. The monoisotopic (exact) mass is 536 g/mol. The van der Waals surface area contributed by atoms with Crippen LogP contribution in [0.15, 0.2) is 96.1 Å². The topological polar surface area (TPSA) is 102 Å². The second-order valence-electron chi connectivity index (χ2n) is 9.23. The number of hydrazone groups is 1. The summed E-state index contributed by atoms with van der Waals surface area (Å²) in [6.45, 7) is 6.03. The Morgan fingerprint density at radius 2 is 1.55 bits per heavy atom. The van der Waals surface area contributed by atoms with Gasteiger partial charge in [0.15, 0.2) is 0 Å². The molecule has 0 spiro atoms. The van der Waals surface area contributed by atoms with Crippen LogP contribution in [-0.2, 0) is 9.53 Å². The number of nitrogens with one attached hydrogen (secondary N) is 2. The summed E-state index contributed by atoms with van der Waals surface area (Å²) in [5, 5.41) is 7.14. The highest BCUT2D eigenvalue weighted by molar-refractivity contribution is 5.95. The van der Waals surface area contributed by atoms with E-state index in [0.717, 1.165) is 28.2 Å². The fraction of sp³-hybridized carbons (Fsp3) is 0.188. The Kier molecular flexibility index (Phi) is 9.25. The molecule has 40 heavy (non-hydrogen) atoms. The van der Waals surface area contributed by atoms with Gasteiger partial charge in [-0.2, -0.15) is 5.10 Å². The molecule has 0 saturated carbocycles. The van der Waals surface area contributed by atoms with E-state index in [1.807, 2.05) is 73.0 Å². The average Bonchev–Trinajstić information content (AvgIpc) is 3.26. The minimum absolute atomic E-state index is 0.0196. The van der Waals surface area contributed by atoms with Gasteiger partial charge in [0.05, 0.1) is 30.8 Å². The maximum Gasteiger partial charge on any atom is 0.338 e. The molecule has 2 amide bonds. The van der Waals surface area contributed by atoms with Crippen LogP contribution < -0.4 is 10.7 Å². The first-order valence-electron chi connectivity index (χ1n) is 13.1. The highest BCUT2D eigenvalue weighted by atomic mass is 16.5. The normalized spacial score (nSPS) is 11.7. The standard InChI is InChI=1S/C32H32N4O4/c1-4-40-32(39)26-15-17-28(18-16-26)36-22(2)19-27(23(36)3)21-33-35-30(37)20-29(24-11-7-5-8-12-24)34-31(38)25-13-9-6-10-14-25/h5-19,21,29H,4,20H2,1-3H3,(H,34,38)(H,35,37)/b33-21-/t29-/m0/s1. The van der Waals surface area contributed by atoms with Gasteiger partial charge in [-0.15, -0.1) is 0 Å². The second-order valence-corrected chi connectivity index (χ2v) is 9.23. The predicted octanol–water partition coefficient (Wildman–Crippen LogP) is 5.28. The molecule has 1 heterocycles. The zero-order valence-corrected chi connectivity index (χ0v) is 22.8. The number of carbonyl (C=O) groups is 3. The Balaban J connectivity index is 1.43. The Bertz CT molecular complexity index is 1490. The van der Waals surface area contributed by atoms with Crippen molar-refractivity contribution in [1.29, 1.82) is 0 Å². The van der Waals surface area contributed by atoms with E-state index in [0.29, 0.717) is 17.7 Å². The number of aromatic nitrogens is 1. The third-order valence-corrected chi connectivity index (χ3v) is 6.43. The minimum atomic E-state index is -0.522. The summed E-state index contributed by atoms with van der Waals surface area (Å²) < 4.78 is 7.10. The van der Waals surface area contributed by atoms with Crippen molar-refractivity contribution in [1.82, 2.24) is 15.3 Å². The highest BCUT2D eigenvalue weighted by Crippen LogP contribution is 2.21. The van der Waals surface area contributed by atoms with Crippen LogP contribution in [0, 0.1) is 13.8 Å². The molecule has 0 saturated heterocycles. The average molecular weight is 537 g/mol. The van der Waals surface area contributed by atoms with Crippen molar-refractivity contribution in [3.05, 3.63) is 125 Å². The largest absolute Gasteiger partial charge is 0.462 e. The van der Waals surface area contributed by atoms with Gasteiger partial charge in [0, 0.05) is 28.2 Å². The third kappa shape index (κ3) is 6.91. The Morgan fingerprint density at radius 3 is 2.20 bits per heavy atom. The molecule has 1 aromatic heterocycles. The maximum absolute atomic E-state index is 12.8. The maximum atomic E-state index is 12.8. The smallest absolute Gasteiger partial charge is 0.338 e. The molecule has 0 fully saturated rings. The van der Waals surface area contributed by atoms with Crippen LogP contribution in [0.25, 0.3) is 5.69 Å². The first-order valence-corrected chi connectivity index (χ1v) is 13.1. The summed E-state index contributed by atoms with van der Waals surface area (Å²) in [5.41, 5.74) is 8.06. The fourth-order valence-electron chi connectivity index (χ4n) is 4.45. The number of aryl methyl sites for hydroxylation is 1. The lowest BCUT2D eigenvalue weighted by molar-refractivity contribution is -0.121. The lowest BCUT2D eigenvalue weighted by atomic mass is 10.0. The van der Waals surface area contributed by atoms with Crippen molar-refractivity contribution in [3.8, 4) is 5.69 Å². The van der Waals surface area contributed by atoms with E-state index in [4.69, 9.17) is 4.74 Å². The number of nitrogens with zero attached hydrogens (tertiary/aromatic N) is 2. The first kappa shape index (κ1) is 28.0. The predicted molar refractivity (Wildman–Crippen MR) is 155 cm³/mol. The van der Waals surface area contributed by atoms with Gasteiger partial charge < -0.3 is 14.6 Å². The number of rotatable bonds is 10. The molecule has 8 nitrogen and oxygen atoms in total. The number of carbonyl (C=O) groups excluding carboxylic acids is 3. The van der Waals surface area contributed by atoms with E-state index >= 15 is 0 Å². The van der Waals surface area contributed by atoms with Crippen LogP contribution in [0.4, 0.5) is 0 Å². The lowest BCUT2D eigenvalue weighted by Crippen LogP contribution is -2.32. The molecule has 1 atom stereocenters. The van der Waals surface area contributed by atoms with Crippen molar-refractivity contribution in [2.75, 3.05) is 6.61 Å². The van der Waals surface area contributed by atoms with Crippen molar-refractivity contribution in [2.24, 2.45) is 5.10 Å². The van der Waals surface area contributed by atoms with Crippen LogP contribution in [0.3, 0.4) is 0 Å². The van der Waals surface area contributed by atoms with Gasteiger partial charge in [-0.3, -0.25) is 9.59 Å². The van der Waals surface area contributed by atoms with Crippen LogP contribution >= 0.6 is 0 Å². The second kappa shape index (κ2) is 13.2. The van der Waals surface area contributed by atoms with Gasteiger partial charge in [0.2, 0.25) is 5.91 Å². The van der Waals surface area contributed by atoms with Crippen LogP contribution in [0.2, 0.25) is 0 Å². The zero-order valence-electron chi connectivity index (χ0n) is 22.8.